The molecular weight excluding hydrogens is 248 g/mol. The molecule has 0 aliphatic carbocycles. The first-order chi connectivity index (χ1) is 9.28. The third kappa shape index (κ3) is 4.87. The van der Waals surface area contributed by atoms with Crippen molar-refractivity contribution < 1.29 is 14.4 Å². The molecule has 0 saturated carbocycles. The Morgan fingerprint density at radius 2 is 2.11 bits per heavy atom. The number of aliphatic hydroxyl groups is 1. The summed E-state index contributed by atoms with van der Waals surface area (Å²) in [6.07, 6.45) is 0. The largest absolute Gasteiger partial charge is 0.395 e. The van der Waals surface area contributed by atoms with E-state index < -0.39 is 0 Å². The van der Waals surface area contributed by atoms with Gasteiger partial charge in [-0.25, -0.2) is 0 Å². The van der Waals surface area contributed by atoms with Crippen LogP contribution in [0.25, 0.3) is 0 Å². The summed E-state index contributed by atoms with van der Waals surface area (Å²) in [5.41, 5.74) is 0. The van der Waals surface area contributed by atoms with E-state index in [0.29, 0.717) is 24.8 Å². The molecule has 0 unspecified atom stereocenters. The van der Waals surface area contributed by atoms with Gasteiger partial charge in [-0.15, -0.1) is 0 Å². The molecule has 7 heteroatoms. The molecule has 2 rings (SSSR count). The monoisotopic (exact) mass is 270 g/mol. The fourth-order valence-electron chi connectivity index (χ4n) is 2.12. The topological polar surface area (TPSA) is 74.9 Å². The number of aliphatic hydroxyl groups excluding tert-OH is 1. The van der Waals surface area contributed by atoms with Crippen molar-refractivity contribution in [3.63, 3.8) is 0 Å². The van der Waals surface area contributed by atoms with Gasteiger partial charge in [-0.2, -0.15) is 4.98 Å². The first-order valence-corrected chi connectivity index (χ1v) is 6.70. The Labute approximate surface area is 113 Å². The number of aryl methyl sites for hydroxylation is 1. The van der Waals surface area contributed by atoms with Crippen molar-refractivity contribution in [1.82, 2.24) is 19.9 Å². The van der Waals surface area contributed by atoms with Crippen molar-refractivity contribution in [1.29, 1.82) is 0 Å². The lowest BCUT2D eigenvalue weighted by Crippen LogP contribution is -2.42. The van der Waals surface area contributed by atoms with E-state index >= 15 is 0 Å². The lowest BCUT2D eigenvalue weighted by molar-refractivity contribution is 0.0318. The summed E-state index contributed by atoms with van der Waals surface area (Å²) >= 11 is 0. The molecular formula is C12H22N4O3. The van der Waals surface area contributed by atoms with Gasteiger partial charge < -0.3 is 14.4 Å². The SMILES string of the molecule is Cc1nc(CN(CCO)CCN2CCOCC2)no1. The molecule has 0 radical (unpaired) electrons. The highest BCUT2D eigenvalue weighted by Gasteiger charge is 2.14. The average molecular weight is 270 g/mol. The van der Waals surface area contributed by atoms with E-state index in [1.54, 1.807) is 6.92 Å². The van der Waals surface area contributed by atoms with Crippen LogP contribution in [-0.2, 0) is 11.3 Å². The molecule has 7 nitrogen and oxygen atoms in total. The van der Waals surface area contributed by atoms with E-state index in [1.807, 2.05) is 0 Å². The summed E-state index contributed by atoms with van der Waals surface area (Å²) in [6, 6.07) is 0. The Kier molecular flexibility index (Phi) is 5.71. The van der Waals surface area contributed by atoms with Crippen LogP contribution in [-0.4, -0.2) is 77.6 Å². The van der Waals surface area contributed by atoms with Crippen LogP contribution in [0.4, 0.5) is 0 Å². The second kappa shape index (κ2) is 7.54. The molecule has 1 saturated heterocycles. The van der Waals surface area contributed by atoms with Gasteiger partial charge in [0.2, 0.25) is 5.89 Å². The maximum Gasteiger partial charge on any atom is 0.223 e. The highest BCUT2D eigenvalue weighted by atomic mass is 16.5. The fraction of sp³-hybridized carbons (Fsp3) is 0.833. The maximum atomic E-state index is 9.12. The summed E-state index contributed by atoms with van der Waals surface area (Å²) < 4.78 is 10.3. The Hall–Kier alpha value is -1.02. The van der Waals surface area contributed by atoms with Crippen LogP contribution in [0.1, 0.15) is 11.7 Å². The summed E-state index contributed by atoms with van der Waals surface area (Å²) in [4.78, 5) is 8.70. The Morgan fingerprint density at radius 1 is 1.32 bits per heavy atom. The number of nitrogens with zero attached hydrogens (tertiary/aromatic N) is 4. The van der Waals surface area contributed by atoms with Gasteiger partial charge in [-0.1, -0.05) is 5.16 Å². The van der Waals surface area contributed by atoms with E-state index in [9.17, 15) is 0 Å². The normalized spacial score (nSPS) is 17.2. The van der Waals surface area contributed by atoms with Crippen molar-refractivity contribution in [2.45, 2.75) is 13.5 Å². The van der Waals surface area contributed by atoms with Gasteiger partial charge in [-0.3, -0.25) is 9.80 Å². The average Bonchev–Trinajstić information content (AvgIpc) is 2.83. The van der Waals surface area contributed by atoms with Gasteiger partial charge in [-0.05, 0) is 0 Å². The molecule has 1 fully saturated rings. The van der Waals surface area contributed by atoms with Crippen molar-refractivity contribution in [3.05, 3.63) is 11.7 Å². The first-order valence-electron chi connectivity index (χ1n) is 6.70. The molecule has 1 N–H and O–H groups in total. The standard InChI is InChI=1S/C12H22N4O3/c1-11-13-12(14-19-11)10-16(4-7-17)3-2-15-5-8-18-9-6-15/h17H,2-10H2,1H3. The lowest BCUT2D eigenvalue weighted by Gasteiger charge is -2.29. The van der Waals surface area contributed by atoms with Crippen molar-refractivity contribution in [2.24, 2.45) is 0 Å². The molecule has 0 aromatic carbocycles. The van der Waals surface area contributed by atoms with Crippen LogP contribution in [0.3, 0.4) is 0 Å². The lowest BCUT2D eigenvalue weighted by atomic mass is 10.3. The minimum Gasteiger partial charge on any atom is -0.395 e. The minimum absolute atomic E-state index is 0.139. The van der Waals surface area contributed by atoms with Crippen LogP contribution in [0.5, 0.6) is 0 Å². The molecule has 1 aromatic rings. The van der Waals surface area contributed by atoms with E-state index in [-0.39, 0.29) is 6.61 Å². The van der Waals surface area contributed by atoms with Crippen molar-refractivity contribution >= 4 is 0 Å². The third-order valence-corrected chi connectivity index (χ3v) is 3.19. The highest BCUT2D eigenvalue weighted by molar-refractivity contribution is 4.84. The molecule has 0 amide bonds. The Bertz CT molecular complexity index is 366. The zero-order chi connectivity index (χ0) is 13.5. The highest BCUT2D eigenvalue weighted by Crippen LogP contribution is 2.03. The number of hydrogen-bond donors (Lipinski definition) is 1. The van der Waals surface area contributed by atoms with Gasteiger partial charge in [0.25, 0.3) is 0 Å². The van der Waals surface area contributed by atoms with Crippen LogP contribution < -0.4 is 0 Å². The minimum atomic E-state index is 0.139. The van der Waals surface area contributed by atoms with Gasteiger partial charge in [0.05, 0.1) is 26.4 Å². The van der Waals surface area contributed by atoms with E-state index in [4.69, 9.17) is 14.4 Å². The number of hydrogen-bond acceptors (Lipinski definition) is 7. The van der Waals surface area contributed by atoms with Gasteiger partial charge in [0.1, 0.15) is 0 Å². The van der Waals surface area contributed by atoms with E-state index in [0.717, 1.165) is 39.4 Å². The smallest absolute Gasteiger partial charge is 0.223 e. The zero-order valence-electron chi connectivity index (χ0n) is 11.4. The van der Waals surface area contributed by atoms with Gasteiger partial charge in [0, 0.05) is 39.6 Å². The Morgan fingerprint density at radius 3 is 2.74 bits per heavy atom. The van der Waals surface area contributed by atoms with Gasteiger partial charge in [0.15, 0.2) is 5.82 Å². The number of ether oxygens (including phenoxy) is 1. The maximum absolute atomic E-state index is 9.12. The predicted octanol–water partition coefficient (Wildman–Crippen LogP) is -0.495. The molecule has 2 heterocycles. The molecule has 1 aliphatic heterocycles. The fourth-order valence-corrected chi connectivity index (χ4v) is 2.12. The Balaban J connectivity index is 1.78. The van der Waals surface area contributed by atoms with Crippen LogP contribution in [0.2, 0.25) is 0 Å². The van der Waals surface area contributed by atoms with Gasteiger partial charge >= 0.3 is 0 Å². The summed E-state index contributed by atoms with van der Waals surface area (Å²) in [6.45, 7) is 8.59. The van der Waals surface area contributed by atoms with Crippen molar-refractivity contribution in [3.8, 4) is 0 Å². The second-order valence-electron chi connectivity index (χ2n) is 4.68. The zero-order valence-corrected chi connectivity index (χ0v) is 11.4. The number of rotatable bonds is 7. The summed E-state index contributed by atoms with van der Waals surface area (Å²) in [5.74, 6) is 1.25. The molecule has 1 aromatic heterocycles. The van der Waals surface area contributed by atoms with E-state index in [2.05, 4.69) is 19.9 Å². The summed E-state index contributed by atoms with van der Waals surface area (Å²) in [7, 11) is 0. The molecule has 0 spiro atoms. The van der Waals surface area contributed by atoms with Crippen LogP contribution in [0.15, 0.2) is 4.52 Å². The van der Waals surface area contributed by atoms with E-state index in [1.165, 1.54) is 0 Å². The first kappa shape index (κ1) is 14.4. The number of aromatic nitrogens is 2. The number of morpholine rings is 1. The predicted molar refractivity (Wildman–Crippen MR) is 68.7 cm³/mol. The van der Waals surface area contributed by atoms with Crippen LogP contribution in [0, 0.1) is 6.92 Å². The van der Waals surface area contributed by atoms with Crippen molar-refractivity contribution in [2.75, 3.05) is 52.5 Å². The molecule has 0 atom stereocenters. The van der Waals surface area contributed by atoms with Crippen LogP contribution >= 0.6 is 0 Å². The quantitative estimate of drug-likeness (QED) is 0.716. The molecule has 19 heavy (non-hydrogen) atoms. The third-order valence-electron chi connectivity index (χ3n) is 3.19. The molecule has 0 bridgehead atoms. The second-order valence-corrected chi connectivity index (χ2v) is 4.68. The molecule has 1 aliphatic rings. The molecule has 108 valence electrons. The summed E-state index contributed by atoms with van der Waals surface area (Å²) in [5, 5.41) is 13.0.